The monoisotopic (exact) mass is 268 g/mol. The van der Waals surface area contributed by atoms with Crippen molar-refractivity contribution in [2.45, 2.75) is 25.7 Å². The van der Waals surface area contributed by atoms with Crippen LogP contribution in [0.3, 0.4) is 0 Å². The molecule has 0 radical (unpaired) electrons. The molecule has 0 aromatic heterocycles. The van der Waals surface area contributed by atoms with Crippen LogP contribution in [0.2, 0.25) is 0 Å². The van der Waals surface area contributed by atoms with E-state index in [1.54, 1.807) is 13.8 Å². The smallest absolute Gasteiger partial charge is 0.335 e. The van der Waals surface area contributed by atoms with Gasteiger partial charge in [-0.2, -0.15) is 0 Å². The zero-order valence-corrected chi connectivity index (χ0v) is 10.9. The molecule has 6 nitrogen and oxygen atoms in total. The second kappa shape index (κ2) is 5.17. The Morgan fingerprint density at radius 1 is 1.26 bits per heavy atom. The van der Waals surface area contributed by atoms with Crippen LogP contribution in [0.1, 0.15) is 36.2 Å². The van der Waals surface area contributed by atoms with Crippen LogP contribution in [-0.4, -0.2) is 34.4 Å². The molecule has 19 heavy (non-hydrogen) atoms. The summed E-state index contributed by atoms with van der Waals surface area (Å²) < 4.78 is 4.92. The third-order valence-corrected chi connectivity index (χ3v) is 2.86. The van der Waals surface area contributed by atoms with Crippen LogP contribution in [-0.2, 0) is 10.2 Å². The van der Waals surface area contributed by atoms with Crippen LogP contribution < -0.4 is 4.74 Å². The molecule has 0 saturated carbocycles. The summed E-state index contributed by atoms with van der Waals surface area (Å²) in [4.78, 5) is 21.9. The van der Waals surface area contributed by atoms with Gasteiger partial charge in [0.15, 0.2) is 11.5 Å². The number of aromatic carboxylic acids is 1. The number of hydrogen-bond donors (Lipinski definition) is 3. The first-order chi connectivity index (χ1) is 8.69. The summed E-state index contributed by atoms with van der Waals surface area (Å²) in [5, 5.41) is 27.9. The number of carboxylic acids is 2. The number of rotatable bonds is 5. The normalized spacial score (nSPS) is 11.1. The van der Waals surface area contributed by atoms with E-state index in [1.807, 2.05) is 0 Å². The average Bonchev–Trinajstić information content (AvgIpc) is 2.26. The van der Waals surface area contributed by atoms with Gasteiger partial charge in [0.1, 0.15) is 0 Å². The largest absolute Gasteiger partial charge is 0.504 e. The summed E-state index contributed by atoms with van der Waals surface area (Å²) >= 11 is 0. The molecule has 0 amide bonds. The Kier molecular flexibility index (Phi) is 4.04. The number of benzene rings is 1. The molecule has 0 aliphatic rings. The minimum atomic E-state index is -1.18. The van der Waals surface area contributed by atoms with E-state index in [1.165, 1.54) is 19.2 Å². The van der Waals surface area contributed by atoms with Crippen LogP contribution in [0.5, 0.6) is 11.5 Å². The minimum absolute atomic E-state index is 0.00774. The maximum Gasteiger partial charge on any atom is 0.335 e. The molecule has 3 N–H and O–H groups in total. The quantitative estimate of drug-likeness (QED) is 0.752. The topological polar surface area (TPSA) is 104 Å². The van der Waals surface area contributed by atoms with E-state index in [-0.39, 0.29) is 29.0 Å². The van der Waals surface area contributed by atoms with E-state index < -0.39 is 17.4 Å². The van der Waals surface area contributed by atoms with E-state index >= 15 is 0 Å². The lowest BCUT2D eigenvalue weighted by Gasteiger charge is -2.25. The fourth-order valence-corrected chi connectivity index (χ4v) is 1.88. The second-order valence-corrected chi connectivity index (χ2v) is 4.83. The number of methoxy groups -OCH3 is 1. The third kappa shape index (κ3) is 3.15. The van der Waals surface area contributed by atoms with Crippen LogP contribution in [0, 0.1) is 0 Å². The van der Waals surface area contributed by atoms with E-state index in [9.17, 15) is 14.7 Å². The van der Waals surface area contributed by atoms with Gasteiger partial charge in [-0.05, 0) is 12.1 Å². The number of phenols is 1. The SMILES string of the molecule is COc1cc(C(=O)O)cc(C(C)(C)CC(=O)O)c1O. The Morgan fingerprint density at radius 3 is 2.26 bits per heavy atom. The van der Waals surface area contributed by atoms with Gasteiger partial charge >= 0.3 is 11.9 Å². The predicted octanol–water partition coefficient (Wildman–Crippen LogP) is 1.85. The van der Waals surface area contributed by atoms with Crippen molar-refractivity contribution in [3.05, 3.63) is 23.3 Å². The highest BCUT2D eigenvalue weighted by Crippen LogP contribution is 2.40. The summed E-state index contributed by atoms with van der Waals surface area (Å²) in [6.07, 6.45) is -0.243. The van der Waals surface area contributed by atoms with Crippen LogP contribution in [0.4, 0.5) is 0 Å². The summed E-state index contributed by atoms with van der Waals surface area (Å²) in [6, 6.07) is 2.46. The van der Waals surface area contributed by atoms with Gasteiger partial charge in [0, 0.05) is 11.0 Å². The molecule has 0 fully saturated rings. The van der Waals surface area contributed by atoms with Crippen LogP contribution in [0.25, 0.3) is 0 Å². The Morgan fingerprint density at radius 2 is 1.84 bits per heavy atom. The molecule has 0 aliphatic heterocycles. The van der Waals surface area contributed by atoms with Crippen molar-refractivity contribution in [3.63, 3.8) is 0 Å². The van der Waals surface area contributed by atoms with Crippen molar-refractivity contribution in [1.82, 2.24) is 0 Å². The van der Waals surface area contributed by atoms with Crippen molar-refractivity contribution < 1.29 is 29.6 Å². The summed E-state index contributed by atoms with van der Waals surface area (Å²) in [5.74, 6) is -2.44. The van der Waals surface area contributed by atoms with Crippen molar-refractivity contribution in [3.8, 4) is 11.5 Å². The number of carbonyl (C=O) groups is 2. The molecular weight excluding hydrogens is 252 g/mol. The molecule has 0 bridgehead atoms. The van der Waals surface area contributed by atoms with Gasteiger partial charge in [0.05, 0.1) is 19.1 Å². The predicted molar refractivity (Wildman–Crippen MR) is 66.9 cm³/mol. The van der Waals surface area contributed by atoms with Gasteiger partial charge < -0.3 is 20.1 Å². The molecule has 1 aromatic carbocycles. The summed E-state index contributed by atoms with van der Waals surface area (Å²) in [7, 11) is 1.30. The lowest BCUT2D eigenvalue weighted by atomic mass is 9.80. The lowest BCUT2D eigenvalue weighted by Crippen LogP contribution is -2.22. The van der Waals surface area contributed by atoms with Crippen LogP contribution in [0.15, 0.2) is 12.1 Å². The zero-order chi connectivity index (χ0) is 14.8. The Labute approximate surface area is 110 Å². The van der Waals surface area contributed by atoms with Gasteiger partial charge in [-0.25, -0.2) is 4.79 Å². The van der Waals surface area contributed by atoms with Crippen LogP contribution >= 0.6 is 0 Å². The minimum Gasteiger partial charge on any atom is -0.504 e. The second-order valence-electron chi connectivity index (χ2n) is 4.83. The Bertz CT molecular complexity index is 518. The van der Waals surface area contributed by atoms with E-state index in [4.69, 9.17) is 14.9 Å². The van der Waals surface area contributed by atoms with Gasteiger partial charge in [-0.3, -0.25) is 4.79 Å². The number of hydrogen-bond acceptors (Lipinski definition) is 4. The van der Waals surface area contributed by atoms with Gasteiger partial charge in [-0.1, -0.05) is 13.8 Å². The number of ether oxygens (including phenoxy) is 1. The van der Waals surface area contributed by atoms with E-state index in [0.717, 1.165) is 0 Å². The molecule has 0 spiro atoms. The van der Waals surface area contributed by atoms with Gasteiger partial charge in [-0.15, -0.1) is 0 Å². The van der Waals surface area contributed by atoms with Gasteiger partial charge in [0.25, 0.3) is 0 Å². The first-order valence-electron chi connectivity index (χ1n) is 5.55. The Hall–Kier alpha value is -2.24. The molecule has 0 unspecified atom stereocenters. The lowest BCUT2D eigenvalue weighted by molar-refractivity contribution is -0.138. The maximum atomic E-state index is 11.0. The number of aliphatic carboxylic acids is 1. The summed E-state index contributed by atoms with van der Waals surface area (Å²) in [6.45, 7) is 3.22. The first-order valence-corrected chi connectivity index (χ1v) is 5.55. The van der Waals surface area contributed by atoms with Gasteiger partial charge in [0.2, 0.25) is 0 Å². The maximum absolute atomic E-state index is 11.0. The fraction of sp³-hybridized carbons (Fsp3) is 0.385. The molecule has 0 heterocycles. The highest BCUT2D eigenvalue weighted by atomic mass is 16.5. The average molecular weight is 268 g/mol. The molecule has 0 atom stereocenters. The molecule has 104 valence electrons. The van der Waals surface area contributed by atoms with Crippen molar-refractivity contribution in [2.75, 3.05) is 7.11 Å². The zero-order valence-electron chi connectivity index (χ0n) is 10.9. The number of phenolic OH excluding ortho intramolecular Hbond substituents is 1. The van der Waals surface area contributed by atoms with Crippen molar-refractivity contribution >= 4 is 11.9 Å². The third-order valence-electron chi connectivity index (χ3n) is 2.86. The molecule has 0 aliphatic carbocycles. The van der Waals surface area contributed by atoms with Crippen molar-refractivity contribution in [1.29, 1.82) is 0 Å². The van der Waals surface area contributed by atoms with Crippen molar-refractivity contribution in [2.24, 2.45) is 0 Å². The highest BCUT2D eigenvalue weighted by Gasteiger charge is 2.30. The first kappa shape index (κ1) is 14.8. The highest BCUT2D eigenvalue weighted by molar-refractivity contribution is 5.89. The molecular formula is C13H16O6. The molecule has 0 saturated heterocycles. The molecule has 1 rings (SSSR count). The number of aromatic hydroxyl groups is 1. The fourth-order valence-electron chi connectivity index (χ4n) is 1.88. The van der Waals surface area contributed by atoms with E-state index in [2.05, 4.69) is 0 Å². The standard InChI is InChI=1S/C13H16O6/c1-13(2,6-10(14)15)8-4-7(12(17)18)5-9(19-3)11(8)16/h4-5,16H,6H2,1-3H3,(H,14,15)(H,17,18). The van der Waals surface area contributed by atoms with E-state index in [0.29, 0.717) is 0 Å². The Balaban J connectivity index is 3.44. The number of carboxylic acid groups (broad SMARTS) is 2. The molecule has 6 heteroatoms. The summed E-state index contributed by atoms with van der Waals surface area (Å²) in [5.41, 5.74) is -0.760. The molecule has 1 aromatic rings.